The van der Waals surface area contributed by atoms with Gasteiger partial charge < -0.3 is 29.9 Å². The molecule has 24 nitrogen and oxygen atoms in total. The van der Waals surface area contributed by atoms with E-state index in [0.717, 1.165) is 57.5 Å². The van der Waals surface area contributed by atoms with Crippen molar-refractivity contribution in [3.8, 4) is 11.5 Å². The Labute approximate surface area is 428 Å². The van der Waals surface area contributed by atoms with Crippen LogP contribution in [0.5, 0.6) is 11.5 Å². The van der Waals surface area contributed by atoms with Crippen LogP contribution in [0, 0.1) is 13.8 Å². The fourth-order valence-corrected chi connectivity index (χ4v) is 14.6. The number of anilines is 6. The Hall–Kier alpha value is -5.29. The van der Waals surface area contributed by atoms with Crippen LogP contribution < -0.4 is 29.9 Å². The molecule has 5 aromatic heterocycles. The first-order valence-electron chi connectivity index (χ1n) is 21.0. The lowest BCUT2D eigenvalue weighted by Gasteiger charge is -2.25. The van der Waals surface area contributed by atoms with Crippen molar-refractivity contribution in [1.29, 1.82) is 0 Å². The van der Waals surface area contributed by atoms with Gasteiger partial charge in [-0.15, -0.1) is 20.5 Å². The number of benzene rings is 2. The second-order valence-corrected chi connectivity index (χ2v) is 24.2. The van der Waals surface area contributed by atoms with Crippen LogP contribution in [0.25, 0.3) is 20.4 Å². The standard InChI is InChI=1S/C39H45N13O11S8/c1-9-51(10-2)25-15-21(23(17-27(25)62-7)45-47-31-29-19(5)35(70(56,57)58)65-33(29)49-67-31)40-37-42-38(44-39(43-37)64-13-14-69(53,54)55)41-22-16-26(52(11-3)12-4)28(63-8)18-24(22)46-48-32-30-20(6)36(71(59,60)61)66-34(30)50-68-32/h15-18H,9-14H2,1-8H3,(H,53,54,55)(H,56,57,58)(H,59,60,61)(H2,40,41,42,43,44)/b47-45+,48-46+. The van der Waals surface area contributed by atoms with Gasteiger partial charge in [-0.25, -0.2) is 0 Å². The van der Waals surface area contributed by atoms with E-state index < -0.39 is 36.1 Å². The van der Waals surface area contributed by atoms with Gasteiger partial charge in [0.1, 0.15) is 32.5 Å². The minimum atomic E-state index is -4.53. The molecule has 0 atom stereocenters. The Morgan fingerprint density at radius 2 is 1.04 bits per heavy atom. The molecule has 0 amide bonds. The SMILES string of the molecule is CCN(CC)c1cc(Nc2nc(Nc3cc(N(CC)CC)c(OC)cc3/N=N/c3snc4sc(S(=O)(=O)O)c(C)c34)nc(SCCS(=O)(=O)O)n2)c(/N=N/c2snc3sc(S(=O)(=O)O)c(C)c23)cc1OC. The lowest BCUT2D eigenvalue weighted by atomic mass is 10.2. The predicted molar refractivity (Wildman–Crippen MR) is 279 cm³/mol. The number of aromatic nitrogens is 5. The highest BCUT2D eigenvalue weighted by atomic mass is 32.3. The van der Waals surface area contributed by atoms with Crippen LogP contribution in [-0.2, 0) is 30.4 Å². The Kier molecular flexibility index (Phi) is 16.4. The number of aryl methyl sites for hydroxylation is 2. The average molecular weight is 1130 g/mol. The van der Waals surface area contributed by atoms with Gasteiger partial charge in [0.25, 0.3) is 10.1 Å². The zero-order chi connectivity index (χ0) is 51.6. The van der Waals surface area contributed by atoms with Crippen LogP contribution in [0.4, 0.5) is 56.0 Å². The number of thiophene rings is 2. The molecular formula is C39H45N13O11S8. The van der Waals surface area contributed by atoms with Gasteiger partial charge in [-0.1, -0.05) is 34.4 Å². The summed E-state index contributed by atoms with van der Waals surface area (Å²) in [6.45, 7) is 13.4. The fraction of sp³-hybridized carbons (Fsp3) is 0.359. The molecule has 7 rings (SSSR count). The van der Waals surface area contributed by atoms with Crippen molar-refractivity contribution in [3.05, 3.63) is 35.4 Å². The Morgan fingerprint density at radius 1 is 0.634 bits per heavy atom. The first-order chi connectivity index (χ1) is 33.6. The lowest BCUT2D eigenvalue weighted by molar-refractivity contribution is 0.414. The number of fused-ring (bicyclic) bond motifs is 2. The number of hydrogen-bond acceptors (Lipinski definition) is 26. The van der Waals surface area contributed by atoms with Crippen molar-refractivity contribution in [2.24, 2.45) is 20.5 Å². The molecule has 0 unspecified atom stereocenters. The molecule has 380 valence electrons. The van der Waals surface area contributed by atoms with E-state index in [2.05, 4.69) is 49.8 Å². The van der Waals surface area contributed by atoms with Crippen LogP contribution in [0.2, 0.25) is 0 Å². The number of ether oxygens (including phenoxy) is 2. The van der Waals surface area contributed by atoms with E-state index in [1.54, 1.807) is 38.1 Å². The van der Waals surface area contributed by atoms with Gasteiger partial charge in [-0.05, 0) is 87.9 Å². The maximum Gasteiger partial charge on any atom is 0.304 e. The van der Waals surface area contributed by atoms with Crippen LogP contribution in [0.3, 0.4) is 0 Å². The lowest BCUT2D eigenvalue weighted by Crippen LogP contribution is -2.22. The summed E-state index contributed by atoms with van der Waals surface area (Å²) in [5.74, 6) is 0.0392. The topological polar surface area (TPSA) is 326 Å². The number of hydrogen-bond donors (Lipinski definition) is 5. The second-order valence-electron chi connectivity index (χ2n) is 14.8. The smallest absolute Gasteiger partial charge is 0.304 e. The van der Waals surface area contributed by atoms with Crippen molar-refractivity contribution in [2.45, 2.75) is 55.1 Å². The van der Waals surface area contributed by atoms with E-state index in [0.29, 0.717) is 80.9 Å². The number of methoxy groups -OCH3 is 2. The summed E-state index contributed by atoms with van der Waals surface area (Å²) in [4.78, 5) is 18.7. The summed E-state index contributed by atoms with van der Waals surface area (Å²) < 4.78 is 121. The molecule has 5 N–H and O–H groups in total. The predicted octanol–water partition coefficient (Wildman–Crippen LogP) is 10.3. The fourth-order valence-electron chi connectivity index (χ4n) is 7.12. The van der Waals surface area contributed by atoms with Gasteiger partial charge in [0.15, 0.2) is 23.6 Å². The van der Waals surface area contributed by atoms with Crippen LogP contribution in [0.15, 0.2) is 58.3 Å². The van der Waals surface area contributed by atoms with E-state index in [1.165, 1.54) is 14.2 Å². The van der Waals surface area contributed by atoms with Crippen molar-refractivity contribution in [2.75, 3.05) is 72.3 Å². The van der Waals surface area contributed by atoms with E-state index >= 15 is 0 Å². The van der Waals surface area contributed by atoms with Gasteiger partial charge in [0.2, 0.25) is 11.9 Å². The van der Waals surface area contributed by atoms with E-state index in [9.17, 15) is 38.9 Å². The molecule has 0 saturated carbocycles. The molecule has 0 aliphatic carbocycles. The maximum absolute atomic E-state index is 12.1. The van der Waals surface area contributed by atoms with Crippen molar-refractivity contribution in [1.82, 2.24) is 23.7 Å². The number of nitrogens with zero attached hydrogens (tertiary/aromatic N) is 11. The van der Waals surface area contributed by atoms with Crippen LogP contribution in [-0.4, -0.2) is 115 Å². The molecule has 32 heteroatoms. The summed E-state index contributed by atoms with van der Waals surface area (Å²) in [6.07, 6.45) is 0. The van der Waals surface area contributed by atoms with E-state index in [-0.39, 0.29) is 63.7 Å². The molecule has 7 aromatic rings. The van der Waals surface area contributed by atoms with Gasteiger partial charge in [0.05, 0.1) is 53.5 Å². The van der Waals surface area contributed by atoms with Crippen LogP contribution >= 0.6 is 57.5 Å². The van der Waals surface area contributed by atoms with Crippen LogP contribution in [0.1, 0.15) is 38.8 Å². The third-order valence-corrected chi connectivity index (χ3v) is 19.3. The molecule has 0 spiro atoms. The zero-order valence-electron chi connectivity index (χ0n) is 38.8. The number of thioether (sulfide) groups is 1. The number of rotatable bonds is 22. The highest BCUT2D eigenvalue weighted by molar-refractivity contribution is 8.00. The summed E-state index contributed by atoms with van der Waals surface area (Å²) in [7, 11) is -10.4. The van der Waals surface area contributed by atoms with Crippen molar-refractivity contribution >= 4 is 164 Å². The molecule has 0 aliphatic heterocycles. The minimum absolute atomic E-state index is 0.0409. The largest absolute Gasteiger partial charge is 0.494 e. The molecular weight excluding hydrogens is 1080 g/mol. The Morgan fingerprint density at radius 3 is 1.39 bits per heavy atom. The average Bonchev–Trinajstić information content (AvgIpc) is 4.08. The van der Waals surface area contributed by atoms with Gasteiger partial charge >= 0.3 is 20.2 Å². The summed E-state index contributed by atoms with van der Waals surface area (Å²) in [5.41, 5.74) is 2.97. The summed E-state index contributed by atoms with van der Waals surface area (Å²) in [5, 5.41) is 25.9. The Bertz CT molecular complexity index is 3320. The maximum atomic E-state index is 12.1. The highest BCUT2D eigenvalue weighted by Crippen LogP contribution is 2.47. The van der Waals surface area contributed by atoms with E-state index in [1.807, 2.05) is 37.5 Å². The number of nitrogens with one attached hydrogen (secondary N) is 2. The van der Waals surface area contributed by atoms with Crippen molar-refractivity contribution < 1.29 is 48.4 Å². The Balaban J connectivity index is 1.36. The molecule has 0 bridgehead atoms. The molecule has 2 aromatic carbocycles. The summed E-state index contributed by atoms with van der Waals surface area (Å²) in [6, 6.07) is 6.82. The zero-order valence-corrected chi connectivity index (χ0v) is 45.4. The van der Waals surface area contributed by atoms with Gasteiger partial charge in [0, 0.05) is 44.1 Å². The molecule has 5 heterocycles. The molecule has 0 fully saturated rings. The minimum Gasteiger partial charge on any atom is -0.494 e. The van der Waals surface area contributed by atoms with Gasteiger partial charge in [-0.3, -0.25) is 13.7 Å². The monoisotopic (exact) mass is 1130 g/mol. The van der Waals surface area contributed by atoms with Gasteiger partial charge in [-0.2, -0.15) is 49.0 Å². The molecule has 0 aliphatic rings. The second kappa shape index (κ2) is 21.8. The number of azo groups is 2. The molecule has 0 radical (unpaired) electrons. The first kappa shape index (κ1) is 53.5. The summed E-state index contributed by atoms with van der Waals surface area (Å²) >= 11 is 4.52. The van der Waals surface area contributed by atoms with Crippen molar-refractivity contribution in [3.63, 3.8) is 0 Å². The van der Waals surface area contributed by atoms with E-state index in [4.69, 9.17) is 14.5 Å². The molecule has 0 saturated heterocycles. The third kappa shape index (κ3) is 12.0. The first-order valence-corrected chi connectivity index (χ1v) is 29.6. The quantitative estimate of drug-likeness (QED) is 0.0239. The third-order valence-electron chi connectivity index (χ3n) is 10.5. The normalized spacial score (nSPS) is 12.5. The highest BCUT2D eigenvalue weighted by Gasteiger charge is 2.26. The molecule has 71 heavy (non-hydrogen) atoms.